The highest BCUT2D eigenvalue weighted by atomic mass is 19.1. The zero-order valence-corrected chi connectivity index (χ0v) is 20.8. The van der Waals surface area contributed by atoms with Crippen LogP contribution in [-0.2, 0) is 22.7 Å². The molecule has 2 saturated heterocycles. The number of piperazine rings is 1. The standard InChI is InChI=1S/C26H32FN5O4/c1-4-5-22-25(34)30(15-19-6-10-20(27)11-7-19)16-23-31(22)24(33)17-29(2)32(23)26(35)28-14-18-8-12-21(36-3)13-9-18/h6-13,22-23H,4-5,14-17H2,1-3H3,(H,28,35)/t22-,23?/m0/s1. The molecule has 0 bridgehead atoms. The molecule has 192 valence electrons. The Labute approximate surface area is 210 Å². The van der Waals surface area contributed by atoms with Crippen molar-refractivity contribution in [1.82, 2.24) is 25.1 Å². The van der Waals surface area contributed by atoms with E-state index in [-0.39, 0.29) is 43.3 Å². The third-order valence-electron chi connectivity index (χ3n) is 6.60. The lowest BCUT2D eigenvalue weighted by Gasteiger charge is -2.54. The summed E-state index contributed by atoms with van der Waals surface area (Å²) in [6.45, 7) is 2.68. The van der Waals surface area contributed by atoms with E-state index < -0.39 is 12.2 Å². The number of methoxy groups -OCH3 is 1. The summed E-state index contributed by atoms with van der Waals surface area (Å²) in [4.78, 5) is 43.1. The number of urea groups is 1. The van der Waals surface area contributed by atoms with Gasteiger partial charge < -0.3 is 19.9 Å². The van der Waals surface area contributed by atoms with Gasteiger partial charge in [-0.25, -0.2) is 19.2 Å². The van der Waals surface area contributed by atoms with E-state index in [0.29, 0.717) is 19.4 Å². The van der Waals surface area contributed by atoms with Gasteiger partial charge in [0.1, 0.15) is 23.8 Å². The minimum absolute atomic E-state index is 0.00207. The number of fused-ring (bicyclic) bond motifs is 1. The van der Waals surface area contributed by atoms with Crippen molar-refractivity contribution in [3.05, 3.63) is 65.5 Å². The number of nitrogens with zero attached hydrogens (tertiary/aromatic N) is 4. The first kappa shape index (κ1) is 25.4. The second kappa shape index (κ2) is 10.9. The number of amides is 4. The maximum absolute atomic E-state index is 13.4. The number of likely N-dealkylation sites (N-methyl/N-ethyl adjacent to an activating group) is 1. The van der Waals surface area contributed by atoms with Gasteiger partial charge in [0.05, 0.1) is 20.2 Å². The predicted octanol–water partition coefficient (Wildman–Crippen LogP) is 2.57. The van der Waals surface area contributed by atoms with E-state index in [0.717, 1.165) is 16.9 Å². The molecule has 0 aliphatic carbocycles. The van der Waals surface area contributed by atoms with Gasteiger partial charge in [-0.3, -0.25) is 9.59 Å². The van der Waals surface area contributed by atoms with Crippen LogP contribution in [-0.4, -0.2) is 77.1 Å². The summed E-state index contributed by atoms with van der Waals surface area (Å²) >= 11 is 0. The summed E-state index contributed by atoms with van der Waals surface area (Å²) in [6, 6.07) is 12.4. The highest BCUT2D eigenvalue weighted by molar-refractivity contribution is 5.91. The van der Waals surface area contributed by atoms with Gasteiger partial charge in [-0.05, 0) is 41.8 Å². The van der Waals surface area contributed by atoms with Gasteiger partial charge in [-0.2, -0.15) is 0 Å². The van der Waals surface area contributed by atoms with Crippen LogP contribution < -0.4 is 10.1 Å². The molecule has 2 aliphatic rings. The lowest BCUT2D eigenvalue weighted by Crippen LogP contribution is -2.75. The van der Waals surface area contributed by atoms with Gasteiger partial charge in [-0.15, -0.1) is 0 Å². The molecule has 2 aromatic rings. The summed E-state index contributed by atoms with van der Waals surface area (Å²) in [5, 5.41) is 6.06. The first-order valence-corrected chi connectivity index (χ1v) is 12.1. The normalized spacial score (nSPS) is 20.4. The van der Waals surface area contributed by atoms with Gasteiger partial charge in [0, 0.05) is 20.1 Å². The Morgan fingerprint density at radius 3 is 2.39 bits per heavy atom. The number of rotatable bonds is 7. The highest BCUT2D eigenvalue weighted by Crippen LogP contribution is 2.29. The lowest BCUT2D eigenvalue weighted by molar-refractivity contribution is -0.188. The third-order valence-corrected chi connectivity index (χ3v) is 6.60. The molecule has 0 spiro atoms. The summed E-state index contributed by atoms with van der Waals surface area (Å²) < 4.78 is 18.6. The second-order valence-corrected chi connectivity index (χ2v) is 9.10. The number of benzene rings is 2. The van der Waals surface area contributed by atoms with Crippen molar-refractivity contribution in [2.45, 2.75) is 45.1 Å². The number of halogens is 1. The molecule has 2 heterocycles. The van der Waals surface area contributed by atoms with E-state index in [4.69, 9.17) is 4.74 Å². The van der Waals surface area contributed by atoms with Crippen molar-refractivity contribution in [2.75, 3.05) is 27.2 Å². The van der Waals surface area contributed by atoms with E-state index in [1.165, 1.54) is 17.1 Å². The van der Waals surface area contributed by atoms with Crippen molar-refractivity contribution < 1.29 is 23.5 Å². The SMILES string of the molecule is CCC[C@H]1C(=O)N(Cc2ccc(F)cc2)CC2N1C(=O)CN(C)N2C(=O)NCc1ccc(OC)cc1. The monoisotopic (exact) mass is 497 g/mol. The topological polar surface area (TPSA) is 85.4 Å². The Morgan fingerprint density at radius 1 is 1.08 bits per heavy atom. The van der Waals surface area contributed by atoms with Gasteiger partial charge in [-0.1, -0.05) is 37.6 Å². The quantitative estimate of drug-likeness (QED) is 0.636. The van der Waals surface area contributed by atoms with Crippen molar-refractivity contribution in [2.24, 2.45) is 0 Å². The zero-order valence-electron chi connectivity index (χ0n) is 20.8. The number of hydrazine groups is 1. The molecule has 10 heteroatoms. The molecule has 0 aromatic heterocycles. The summed E-state index contributed by atoms with van der Waals surface area (Å²) in [5.41, 5.74) is 1.68. The molecule has 9 nitrogen and oxygen atoms in total. The number of nitrogens with one attached hydrogen (secondary N) is 1. The van der Waals surface area contributed by atoms with Crippen molar-refractivity contribution >= 4 is 17.8 Å². The Bertz CT molecular complexity index is 1090. The highest BCUT2D eigenvalue weighted by Gasteiger charge is 2.50. The molecule has 36 heavy (non-hydrogen) atoms. The molecule has 0 radical (unpaired) electrons. The van der Waals surface area contributed by atoms with Crippen LogP contribution in [0.25, 0.3) is 0 Å². The Balaban J connectivity index is 1.56. The van der Waals surface area contributed by atoms with Crippen LogP contribution in [0.5, 0.6) is 5.75 Å². The minimum atomic E-state index is -0.660. The molecule has 2 atom stereocenters. The van der Waals surface area contributed by atoms with Gasteiger partial charge in [0.25, 0.3) is 0 Å². The maximum Gasteiger partial charge on any atom is 0.334 e. The maximum atomic E-state index is 13.4. The third kappa shape index (κ3) is 5.28. The molecule has 4 amide bonds. The molecular formula is C26H32FN5O4. The number of hydrogen-bond acceptors (Lipinski definition) is 5. The van der Waals surface area contributed by atoms with E-state index >= 15 is 0 Å². The Kier molecular flexibility index (Phi) is 7.73. The molecule has 2 aliphatic heterocycles. The molecular weight excluding hydrogens is 465 g/mol. The number of carbonyl (C=O) groups excluding carboxylic acids is 3. The first-order valence-electron chi connectivity index (χ1n) is 12.1. The average Bonchev–Trinajstić information content (AvgIpc) is 2.86. The molecule has 1 unspecified atom stereocenters. The molecule has 4 rings (SSSR count). The van der Waals surface area contributed by atoms with Crippen molar-refractivity contribution in [3.8, 4) is 5.75 Å². The van der Waals surface area contributed by atoms with Crippen LogP contribution in [0.3, 0.4) is 0 Å². The predicted molar refractivity (Wildman–Crippen MR) is 131 cm³/mol. The summed E-state index contributed by atoms with van der Waals surface area (Å²) in [5.74, 6) is 0.0342. The Morgan fingerprint density at radius 2 is 1.75 bits per heavy atom. The van der Waals surface area contributed by atoms with Gasteiger partial charge in [0.15, 0.2) is 0 Å². The summed E-state index contributed by atoms with van der Waals surface area (Å²) in [7, 11) is 3.29. The molecule has 0 saturated carbocycles. The molecule has 1 N–H and O–H groups in total. The smallest absolute Gasteiger partial charge is 0.334 e. The van der Waals surface area contributed by atoms with Crippen LogP contribution in [0.2, 0.25) is 0 Å². The fraction of sp³-hybridized carbons (Fsp3) is 0.423. The van der Waals surface area contributed by atoms with Crippen LogP contribution in [0.1, 0.15) is 30.9 Å². The zero-order chi connectivity index (χ0) is 25.8. The van der Waals surface area contributed by atoms with Crippen LogP contribution >= 0.6 is 0 Å². The van der Waals surface area contributed by atoms with E-state index in [1.54, 1.807) is 41.1 Å². The second-order valence-electron chi connectivity index (χ2n) is 9.10. The van der Waals surface area contributed by atoms with Crippen molar-refractivity contribution in [3.63, 3.8) is 0 Å². The van der Waals surface area contributed by atoms with Crippen LogP contribution in [0.4, 0.5) is 9.18 Å². The number of ether oxygens (including phenoxy) is 1. The van der Waals surface area contributed by atoms with Crippen LogP contribution in [0.15, 0.2) is 48.5 Å². The number of carbonyl (C=O) groups is 3. The van der Waals surface area contributed by atoms with Gasteiger partial charge >= 0.3 is 6.03 Å². The number of hydrogen-bond donors (Lipinski definition) is 1. The van der Waals surface area contributed by atoms with E-state index in [2.05, 4.69) is 5.32 Å². The first-order chi connectivity index (χ1) is 17.3. The summed E-state index contributed by atoms with van der Waals surface area (Å²) in [6.07, 6.45) is 0.546. The van der Waals surface area contributed by atoms with Gasteiger partial charge in [0.2, 0.25) is 11.8 Å². The Hall–Kier alpha value is -3.66. The lowest BCUT2D eigenvalue weighted by atomic mass is 10.0. The fourth-order valence-electron chi connectivity index (χ4n) is 4.81. The molecule has 2 fully saturated rings. The fourth-order valence-corrected chi connectivity index (χ4v) is 4.81. The average molecular weight is 498 g/mol. The molecule has 2 aromatic carbocycles. The largest absolute Gasteiger partial charge is 0.497 e. The van der Waals surface area contributed by atoms with Crippen molar-refractivity contribution in [1.29, 1.82) is 0 Å². The van der Waals surface area contributed by atoms with E-state index in [1.807, 2.05) is 31.2 Å². The minimum Gasteiger partial charge on any atom is -0.497 e. The van der Waals surface area contributed by atoms with Crippen LogP contribution in [0, 0.1) is 5.82 Å². The van der Waals surface area contributed by atoms with E-state index in [9.17, 15) is 18.8 Å².